The summed E-state index contributed by atoms with van der Waals surface area (Å²) in [7, 11) is 0. The summed E-state index contributed by atoms with van der Waals surface area (Å²) in [6, 6.07) is 11.8. The van der Waals surface area contributed by atoms with Crippen molar-refractivity contribution < 1.29 is 13.9 Å². The molecule has 2 aromatic rings. The van der Waals surface area contributed by atoms with Crippen molar-refractivity contribution in [3.8, 4) is 5.75 Å². The second-order valence-corrected chi connectivity index (χ2v) is 4.95. The van der Waals surface area contributed by atoms with Crippen LogP contribution in [0.15, 0.2) is 42.5 Å². The topological polar surface area (TPSA) is 38.3 Å². The minimum Gasteiger partial charge on any atom is -0.480 e. The molecule has 2 aromatic carbocycles. The molecule has 110 valence electrons. The van der Waals surface area contributed by atoms with Gasteiger partial charge in [0.2, 0.25) is 0 Å². The van der Waals surface area contributed by atoms with Crippen LogP contribution < -0.4 is 10.1 Å². The number of aryl methyl sites for hydroxylation is 2. The van der Waals surface area contributed by atoms with Crippen LogP contribution in [0, 0.1) is 19.7 Å². The van der Waals surface area contributed by atoms with Crippen LogP contribution in [0.2, 0.25) is 0 Å². The van der Waals surface area contributed by atoms with Crippen molar-refractivity contribution in [3.05, 3.63) is 59.4 Å². The Hall–Kier alpha value is -2.36. The average Bonchev–Trinajstić information content (AvgIpc) is 2.45. The Morgan fingerprint density at radius 3 is 2.33 bits per heavy atom. The first-order chi connectivity index (χ1) is 9.99. The monoisotopic (exact) mass is 287 g/mol. The number of nitrogens with one attached hydrogen (secondary N) is 1. The molecule has 0 spiro atoms. The zero-order chi connectivity index (χ0) is 15.4. The highest BCUT2D eigenvalue weighted by atomic mass is 19.1. The number of amides is 1. The first kappa shape index (κ1) is 15.0. The number of para-hydroxylation sites is 2. The second kappa shape index (κ2) is 6.39. The van der Waals surface area contributed by atoms with Gasteiger partial charge >= 0.3 is 0 Å². The van der Waals surface area contributed by atoms with Crippen molar-refractivity contribution in [2.24, 2.45) is 0 Å². The third kappa shape index (κ3) is 3.60. The number of benzene rings is 2. The summed E-state index contributed by atoms with van der Waals surface area (Å²) in [5, 5.41) is 2.53. The minimum absolute atomic E-state index is 0.152. The summed E-state index contributed by atoms with van der Waals surface area (Å²) < 4.78 is 19.2. The molecular weight excluding hydrogens is 269 g/mol. The Balaban J connectivity index is 2.08. The molecule has 0 saturated heterocycles. The van der Waals surface area contributed by atoms with E-state index in [0.29, 0.717) is 5.75 Å². The van der Waals surface area contributed by atoms with E-state index in [0.717, 1.165) is 11.1 Å². The molecule has 1 unspecified atom stereocenters. The molecule has 0 radical (unpaired) electrons. The molecule has 0 aliphatic rings. The van der Waals surface area contributed by atoms with Crippen molar-refractivity contribution in [1.29, 1.82) is 0 Å². The van der Waals surface area contributed by atoms with Gasteiger partial charge in [-0.15, -0.1) is 0 Å². The lowest BCUT2D eigenvalue weighted by molar-refractivity contribution is -0.122. The Morgan fingerprint density at radius 2 is 1.71 bits per heavy atom. The molecule has 0 bridgehead atoms. The molecule has 0 aromatic heterocycles. The summed E-state index contributed by atoms with van der Waals surface area (Å²) in [6.07, 6.45) is -0.718. The van der Waals surface area contributed by atoms with Crippen LogP contribution in [-0.2, 0) is 4.79 Å². The fraction of sp³-hybridized carbons (Fsp3) is 0.235. The van der Waals surface area contributed by atoms with Gasteiger partial charge in [0.15, 0.2) is 6.10 Å². The van der Waals surface area contributed by atoms with E-state index in [9.17, 15) is 9.18 Å². The molecule has 1 amide bonds. The van der Waals surface area contributed by atoms with E-state index in [4.69, 9.17) is 4.74 Å². The molecule has 1 atom stereocenters. The van der Waals surface area contributed by atoms with Crippen LogP contribution in [0.4, 0.5) is 10.1 Å². The first-order valence-corrected chi connectivity index (χ1v) is 6.77. The van der Waals surface area contributed by atoms with Gasteiger partial charge in [0, 0.05) is 0 Å². The smallest absolute Gasteiger partial charge is 0.265 e. The fourth-order valence-electron chi connectivity index (χ4n) is 2.01. The zero-order valence-corrected chi connectivity index (χ0v) is 12.3. The van der Waals surface area contributed by atoms with Crippen molar-refractivity contribution in [3.63, 3.8) is 0 Å². The molecular formula is C17H18FNO2. The third-order valence-electron chi connectivity index (χ3n) is 3.20. The van der Waals surface area contributed by atoms with Crippen LogP contribution in [0.3, 0.4) is 0 Å². The van der Waals surface area contributed by atoms with Crippen LogP contribution in [-0.4, -0.2) is 12.0 Å². The molecule has 0 heterocycles. The third-order valence-corrected chi connectivity index (χ3v) is 3.20. The SMILES string of the molecule is Cc1cccc(C)c1OC(C)C(=O)Nc1ccccc1F. The molecule has 4 heteroatoms. The van der Waals surface area contributed by atoms with E-state index < -0.39 is 11.9 Å². The van der Waals surface area contributed by atoms with E-state index in [1.165, 1.54) is 12.1 Å². The van der Waals surface area contributed by atoms with E-state index in [1.54, 1.807) is 19.1 Å². The van der Waals surface area contributed by atoms with E-state index in [2.05, 4.69) is 5.32 Å². The van der Waals surface area contributed by atoms with Crippen molar-refractivity contribution in [1.82, 2.24) is 0 Å². The van der Waals surface area contributed by atoms with Gasteiger partial charge in [0.05, 0.1) is 5.69 Å². The Labute approximate surface area is 123 Å². The summed E-state index contributed by atoms with van der Waals surface area (Å²) >= 11 is 0. The predicted octanol–water partition coefficient (Wildman–Crippen LogP) is 3.85. The van der Waals surface area contributed by atoms with Crippen LogP contribution >= 0.6 is 0 Å². The van der Waals surface area contributed by atoms with E-state index in [-0.39, 0.29) is 11.6 Å². The average molecular weight is 287 g/mol. The molecule has 0 aliphatic carbocycles. The number of halogens is 1. The van der Waals surface area contributed by atoms with Gasteiger partial charge in [0.1, 0.15) is 11.6 Å². The number of ether oxygens (including phenoxy) is 1. The molecule has 0 saturated carbocycles. The molecule has 1 N–H and O–H groups in total. The number of rotatable bonds is 4. The number of carbonyl (C=O) groups is 1. The van der Waals surface area contributed by atoms with Gasteiger partial charge in [-0.1, -0.05) is 30.3 Å². The normalized spacial score (nSPS) is 11.8. The second-order valence-electron chi connectivity index (χ2n) is 4.95. The largest absolute Gasteiger partial charge is 0.480 e. The van der Waals surface area contributed by atoms with Crippen molar-refractivity contribution in [2.45, 2.75) is 26.9 Å². The molecule has 2 rings (SSSR count). The predicted molar refractivity (Wildman–Crippen MR) is 81.0 cm³/mol. The standard InChI is InChI=1S/C17H18FNO2/c1-11-7-6-8-12(2)16(11)21-13(3)17(20)19-15-10-5-4-9-14(15)18/h4-10,13H,1-3H3,(H,19,20). The number of hydrogen-bond donors (Lipinski definition) is 1. The minimum atomic E-state index is -0.718. The summed E-state index contributed by atoms with van der Waals surface area (Å²) in [6.45, 7) is 5.48. The number of carbonyl (C=O) groups excluding carboxylic acids is 1. The molecule has 0 fully saturated rings. The lowest BCUT2D eigenvalue weighted by Gasteiger charge is -2.18. The Kier molecular flexibility index (Phi) is 4.58. The molecule has 3 nitrogen and oxygen atoms in total. The van der Waals surface area contributed by atoms with Gasteiger partial charge in [-0.3, -0.25) is 4.79 Å². The van der Waals surface area contributed by atoms with Gasteiger partial charge in [-0.05, 0) is 44.0 Å². The van der Waals surface area contributed by atoms with Gasteiger partial charge in [-0.25, -0.2) is 4.39 Å². The fourth-order valence-corrected chi connectivity index (χ4v) is 2.01. The molecule has 0 aliphatic heterocycles. The number of hydrogen-bond acceptors (Lipinski definition) is 2. The quantitative estimate of drug-likeness (QED) is 0.927. The van der Waals surface area contributed by atoms with Crippen molar-refractivity contribution >= 4 is 11.6 Å². The van der Waals surface area contributed by atoms with E-state index in [1.807, 2.05) is 32.0 Å². The maximum Gasteiger partial charge on any atom is 0.265 e. The maximum atomic E-state index is 13.5. The maximum absolute atomic E-state index is 13.5. The lowest BCUT2D eigenvalue weighted by atomic mass is 10.1. The van der Waals surface area contributed by atoms with E-state index >= 15 is 0 Å². The zero-order valence-electron chi connectivity index (χ0n) is 12.3. The van der Waals surface area contributed by atoms with Gasteiger partial charge < -0.3 is 10.1 Å². The Morgan fingerprint density at radius 1 is 1.10 bits per heavy atom. The summed E-state index contributed by atoms with van der Waals surface area (Å²) in [5.41, 5.74) is 2.07. The summed E-state index contributed by atoms with van der Waals surface area (Å²) in [5.74, 6) is -0.165. The van der Waals surface area contributed by atoms with Crippen LogP contribution in [0.25, 0.3) is 0 Å². The van der Waals surface area contributed by atoms with Gasteiger partial charge in [-0.2, -0.15) is 0 Å². The highest BCUT2D eigenvalue weighted by Crippen LogP contribution is 2.24. The highest BCUT2D eigenvalue weighted by molar-refractivity contribution is 5.94. The highest BCUT2D eigenvalue weighted by Gasteiger charge is 2.18. The lowest BCUT2D eigenvalue weighted by Crippen LogP contribution is -2.30. The molecule has 21 heavy (non-hydrogen) atoms. The number of anilines is 1. The van der Waals surface area contributed by atoms with Crippen LogP contribution in [0.1, 0.15) is 18.1 Å². The summed E-state index contributed by atoms with van der Waals surface area (Å²) in [4.78, 5) is 12.1. The van der Waals surface area contributed by atoms with Gasteiger partial charge in [0.25, 0.3) is 5.91 Å². The Bertz CT molecular complexity index is 635. The first-order valence-electron chi connectivity index (χ1n) is 6.77. The van der Waals surface area contributed by atoms with Crippen LogP contribution in [0.5, 0.6) is 5.75 Å². The van der Waals surface area contributed by atoms with Crippen molar-refractivity contribution in [2.75, 3.05) is 5.32 Å².